The Morgan fingerprint density at radius 2 is 1.78 bits per heavy atom. The van der Waals surface area contributed by atoms with Crippen LogP contribution in [0, 0.1) is 0 Å². The fourth-order valence-electron chi connectivity index (χ4n) is 1.85. The van der Waals surface area contributed by atoms with Gasteiger partial charge in [-0.1, -0.05) is 23.7 Å². The van der Waals surface area contributed by atoms with Gasteiger partial charge in [0.1, 0.15) is 5.75 Å². The minimum absolute atomic E-state index is 0.414. The summed E-state index contributed by atoms with van der Waals surface area (Å²) in [4.78, 5) is 11.8. The minimum atomic E-state index is -0.414. The summed E-state index contributed by atoms with van der Waals surface area (Å²) >= 11 is 5.84. The smallest absolute Gasteiger partial charge is 0.339 e. The molecular formula is C17H18ClN3O2. The lowest BCUT2D eigenvalue weighted by Crippen LogP contribution is -2.25. The van der Waals surface area contributed by atoms with E-state index in [1.165, 1.54) is 0 Å². The number of ether oxygens (including phenoxy) is 1. The number of hydrazone groups is 1. The summed E-state index contributed by atoms with van der Waals surface area (Å²) < 4.78 is 5.34. The summed E-state index contributed by atoms with van der Waals surface area (Å²) in [5.74, 6) is 0.759. The second kappa shape index (κ2) is 8.19. The highest BCUT2D eigenvalue weighted by molar-refractivity contribution is 6.30. The number of carbonyl (C=O) groups excluding carboxylic acids is 1. The molecule has 2 amide bonds. The maximum absolute atomic E-state index is 11.8. The third-order valence-corrected chi connectivity index (χ3v) is 3.26. The standard InChI is InChI=1S/C17H18ClN3O2/c1-3-23-16-10-8-15(9-11-16)19-17(22)21-20-12(2)13-4-6-14(18)7-5-13/h4-11H,3H2,1-2H3,(H2,19,21,22)/b20-12+. The highest BCUT2D eigenvalue weighted by atomic mass is 35.5. The SMILES string of the molecule is CCOc1ccc(NC(=O)N/N=C(\C)c2ccc(Cl)cc2)cc1. The molecule has 0 spiro atoms. The number of benzene rings is 2. The van der Waals surface area contributed by atoms with E-state index < -0.39 is 6.03 Å². The molecule has 0 fully saturated rings. The van der Waals surface area contributed by atoms with E-state index in [1.807, 2.05) is 19.1 Å². The van der Waals surface area contributed by atoms with Crippen molar-refractivity contribution in [3.8, 4) is 5.75 Å². The molecule has 2 rings (SSSR count). The number of halogens is 1. The monoisotopic (exact) mass is 331 g/mol. The van der Waals surface area contributed by atoms with E-state index in [0.29, 0.717) is 23.0 Å². The highest BCUT2D eigenvalue weighted by Crippen LogP contribution is 2.15. The van der Waals surface area contributed by atoms with Crippen LogP contribution >= 0.6 is 11.6 Å². The van der Waals surface area contributed by atoms with E-state index in [4.69, 9.17) is 16.3 Å². The Bertz CT molecular complexity index is 682. The highest BCUT2D eigenvalue weighted by Gasteiger charge is 2.02. The van der Waals surface area contributed by atoms with Crippen molar-refractivity contribution in [3.05, 3.63) is 59.1 Å². The number of nitrogens with one attached hydrogen (secondary N) is 2. The van der Waals surface area contributed by atoms with Gasteiger partial charge in [0.25, 0.3) is 0 Å². The zero-order valence-electron chi connectivity index (χ0n) is 13.0. The van der Waals surface area contributed by atoms with Crippen molar-refractivity contribution in [2.24, 2.45) is 5.10 Å². The van der Waals surface area contributed by atoms with Gasteiger partial charge in [-0.2, -0.15) is 5.10 Å². The van der Waals surface area contributed by atoms with Crippen LogP contribution < -0.4 is 15.5 Å². The molecule has 0 aromatic heterocycles. The van der Waals surface area contributed by atoms with Crippen molar-refractivity contribution >= 4 is 29.0 Å². The molecule has 0 saturated heterocycles. The van der Waals surface area contributed by atoms with Crippen LogP contribution in [0.5, 0.6) is 5.75 Å². The first-order valence-corrected chi connectivity index (χ1v) is 7.56. The van der Waals surface area contributed by atoms with Gasteiger partial charge in [0, 0.05) is 10.7 Å². The summed E-state index contributed by atoms with van der Waals surface area (Å²) in [6, 6.07) is 13.9. The van der Waals surface area contributed by atoms with Gasteiger partial charge in [0.2, 0.25) is 0 Å². The van der Waals surface area contributed by atoms with Crippen LogP contribution in [0.3, 0.4) is 0 Å². The van der Waals surface area contributed by atoms with Gasteiger partial charge in [-0.3, -0.25) is 0 Å². The number of amides is 2. The summed E-state index contributed by atoms with van der Waals surface area (Å²) in [6.07, 6.45) is 0. The fraction of sp³-hybridized carbons (Fsp3) is 0.176. The zero-order valence-corrected chi connectivity index (χ0v) is 13.7. The molecule has 2 N–H and O–H groups in total. The number of nitrogens with zero attached hydrogens (tertiary/aromatic N) is 1. The quantitative estimate of drug-likeness (QED) is 0.634. The lowest BCUT2D eigenvalue weighted by atomic mass is 10.1. The van der Waals surface area contributed by atoms with Gasteiger partial charge < -0.3 is 10.1 Å². The molecule has 2 aromatic carbocycles. The Kier molecular flexibility index (Phi) is 6.00. The molecule has 0 heterocycles. The fourth-order valence-corrected chi connectivity index (χ4v) is 1.98. The number of hydrogen-bond donors (Lipinski definition) is 2. The largest absolute Gasteiger partial charge is 0.494 e. The van der Waals surface area contributed by atoms with Crippen molar-refractivity contribution in [2.75, 3.05) is 11.9 Å². The molecule has 0 bridgehead atoms. The van der Waals surface area contributed by atoms with Gasteiger partial charge in [-0.25, -0.2) is 10.2 Å². The normalized spacial score (nSPS) is 11.0. The molecule has 0 aliphatic rings. The van der Waals surface area contributed by atoms with Gasteiger partial charge in [0.05, 0.1) is 12.3 Å². The van der Waals surface area contributed by atoms with Crippen molar-refractivity contribution in [1.82, 2.24) is 5.43 Å². The minimum Gasteiger partial charge on any atom is -0.494 e. The maximum Gasteiger partial charge on any atom is 0.339 e. The summed E-state index contributed by atoms with van der Waals surface area (Å²) in [6.45, 7) is 4.33. The summed E-state index contributed by atoms with van der Waals surface area (Å²) in [5.41, 5.74) is 4.68. The summed E-state index contributed by atoms with van der Waals surface area (Å²) in [5, 5.41) is 7.40. The molecule has 0 aliphatic carbocycles. The predicted octanol–water partition coefficient (Wildman–Crippen LogP) is 4.28. The number of rotatable bonds is 5. The molecule has 120 valence electrons. The number of urea groups is 1. The second-order valence-corrected chi connectivity index (χ2v) is 5.16. The molecule has 0 saturated carbocycles. The molecule has 23 heavy (non-hydrogen) atoms. The molecule has 0 radical (unpaired) electrons. The van der Waals surface area contributed by atoms with Crippen LogP contribution in [-0.2, 0) is 0 Å². The molecule has 2 aromatic rings. The van der Waals surface area contributed by atoms with Crippen LogP contribution in [-0.4, -0.2) is 18.3 Å². The van der Waals surface area contributed by atoms with Gasteiger partial charge in [-0.15, -0.1) is 0 Å². The van der Waals surface area contributed by atoms with E-state index in [2.05, 4.69) is 15.8 Å². The van der Waals surface area contributed by atoms with Gasteiger partial charge >= 0.3 is 6.03 Å². The second-order valence-electron chi connectivity index (χ2n) is 4.73. The first-order valence-electron chi connectivity index (χ1n) is 7.18. The molecule has 5 nitrogen and oxygen atoms in total. The third kappa shape index (κ3) is 5.30. The summed E-state index contributed by atoms with van der Waals surface area (Å²) in [7, 11) is 0. The average Bonchev–Trinajstić information content (AvgIpc) is 2.55. The number of anilines is 1. The zero-order chi connectivity index (χ0) is 16.7. The Balaban J connectivity index is 1.91. The van der Waals surface area contributed by atoms with E-state index >= 15 is 0 Å². The molecule has 0 aliphatic heterocycles. The van der Waals surface area contributed by atoms with Crippen LogP contribution in [0.25, 0.3) is 0 Å². The average molecular weight is 332 g/mol. The van der Waals surface area contributed by atoms with E-state index in [-0.39, 0.29) is 0 Å². The van der Waals surface area contributed by atoms with Crippen molar-refractivity contribution in [1.29, 1.82) is 0 Å². The molecule has 0 unspecified atom stereocenters. The van der Waals surface area contributed by atoms with Gasteiger partial charge in [-0.05, 0) is 55.8 Å². The topological polar surface area (TPSA) is 62.7 Å². The van der Waals surface area contributed by atoms with E-state index in [9.17, 15) is 4.79 Å². The van der Waals surface area contributed by atoms with Crippen LogP contribution in [0.15, 0.2) is 53.6 Å². The maximum atomic E-state index is 11.8. The van der Waals surface area contributed by atoms with Crippen molar-refractivity contribution in [2.45, 2.75) is 13.8 Å². The number of carbonyl (C=O) groups is 1. The van der Waals surface area contributed by atoms with Crippen LogP contribution in [0.1, 0.15) is 19.4 Å². The first kappa shape index (κ1) is 16.8. The lowest BCUT2D eigenvalue weighted by molar-refractivity contribution is 0.252. The van der Waals surface area contributed by atoms with Crippen molar-refractivity contribution < 1.29 is 9.53 Å². The first-order chi connectivity index (χ1) is 11.1. The predicted molar refractivity (Wildman–Crippen MR) is 93.4 cm³/mol. The third-order valence-electron chi connectivity index (χ3n) is 3.01. The molecular weight excluding hydrogens is 314 g/mol. The Morgan fingerprint density at radius 3 is 2.39 bits per heavy atom. The Hall–Kier alpha value is -2.53. The Morgan fingerprint density at radius 1 is 1.13 bits per heavy atom. The number of hydrogen-bond acceptors (Lipinski definition) is 3. The molecule has 6 heteroatoms. The molecule has 0 atom stereocenters. The van der Waals surface area contributed by atoms with E-state index in [1.54, 1.807) is 43.3 Å². The lowest BCUT2D eigenvalue weighted by Gasteiger charge is -2.07. The van der Waals surface area contributed by atoms with E-state index in [0.717, 1.165) is 11.3 Å². The van der Waals surface area contributed by atoms with Crippen LogP contribution in [0.2, 0.25) is 5.02 Å². The Labute approximate surface area is 140 Å². The van der Waals surface area contributed by atoms with Crippen molar-refractivity contribution in [3.63, 3.8) is 0 Å². The van der Waals surface area contributed by atoms with Crippen LogP contribution in [0.4, 0.5) is 10.5 Å². The van der Waals surface area contributed by atoms with Gasteiger partial charge in [0.15, 0.2) is 0 Å².